The number of aromatic amines is 1. The number of aryl methyl sites for hydroxylation is 1. The summed E-state index contributed by atoms with van der Waals surface area (Å²) in [5, 5.41) is 22.0. The van der Waals surface area contributed by atoms with E-state index in [2.05, 4.69) is 25.7 Å². The largest absolute Gasteiger partial charge is 0.494 e. The van der Waals surface area contributed by atoms with Crippen molar-refractivity contribution in [2.45, 2.75) is 13.8 Å². The maximum absolute atomic E-state index is 6.78. The minimum Gasteiger partial charge on any atom is -0.494 e. The fraction of sp³-hybridized carbons (Fsp3) is 0.136. The second-order valence-electron chi connectivity index (χ2n) is 7.02. The second-order valence-corrected chi connectivity index (χ2v) is 7.74. The first kappa shape index (κ1) is 19.7. The molecule has 0 aliphatic carbocycles. The summed E-state index contributed by atoms with van der Waals surface area (Å²) < 4.78 is 7.48. The molecule has 2 N–H and O–H groups in total. The van der Waals surface area contributed by atoms with Gasteiger partial charge in [-0.1, -0.05) is 23.2 Å². The van der Waals surface area contributed by atoms with Crippen LogP contribution in [-0.2, 0) is 0 Å². The topological polar surface area (TPSA) is 80.6 Å². The number of hydrogen-bond acceptors (Lipinski definition) is 5. The molecule has 0 radical (unpaired) electrons. The van der Waals surface area contributed by atoms with Gasteiger partial charge in [-0.15, -0.1) is 10.2 Å². The highest BCUT2D eigenvalue weighted by Crippen LogP contribution is 2.40. The number of ether oxygens (including phenoxy) is 1. The van der Waals surface area contributed by atoms with Crippen molar-refractivity contribution >= 4 is 56.4 Å². The molecule has 3 aromatic heterocycles. The Morgan fingerprint density at radius 2 is 1.87 bits per heavy atom. The summed E-state index contributed by atoms with van der Waals surface area (Å²) in [7, 11) is 0. The number of nitrogens with zero attached hydrogens (tertiary/aromatic N) is 4. The summed E-state index contributed by atoms with van der Waals surface area (Å²) in [5.41, 5.74) is 3.60. The van der Waals surface area contributed by atoms with Crippen molar-refractivity contribution in [3.63, 3.8) is 0 Å². The Morgan fingerprint density at radius 1 is 1.06 bits per heavy atom. The highest BCUT2D eigenvalue weighted by molar-refractivity contribution is 6.42. The molecule has 0 saturated carbocycles. The zero-order valence-electron chi connectivity index (χ0n) is 16.8. The van der Waals surface area contributed by atoms with Crippen molar-refractivity contribution < 1.29 is 4.74 Å². The van der Waals surface area contributed by atoms with Gasteiger partial charge in [0.2, 0.25) is 0 Å². The average Bonchev–Trinajstić information content (AvgIpc) is 3.33. The molecule has 0 atom stereocenters. The molecule has 5 aromatic rings. The number of H-pyrrole nitrogens is 1. The molecule has 156 valence electrons. The maximum atomic E-state index is 6.78. The van der Waals surface area contributed by atoms with Crippen LogP contribution in [0.5, 0.6) is 5.75 Å². The first-order valence-corrected chi connectivity index (χ1v) is 10.5. The average molecular weight is 453 g/mol. The Balaban J connectivity index is 1.63. The third-order valence-corrected chi connectivity index (χ3v) is 5.76. The van der Waals surface area contributed by atoms with E-state index in [1.165, 1.54) is 0 Å². The first-order valence-electron chi connectivity index (χ1n) is 9.73. The van der Waals surface area contributed by atoms with Gasteiger partial charge in [-0.2, -0.15) is 5.10 Å². The Bertz CT molecular complexity index is 1410. The van der Waals surface area contributed by atoms with Gasteiger partial charge in [0.1, 0.15) is 10.9 Å². The predicted molar refractivity (Wildman–Crippen MR) is 124 cm³/mol. The van der Waals surface area contributed by atoms with Gasteiger partial charge >= 0.3 is 0 Å². The molecular weight excluding hydrogens is 435 g/mol. The summed E-state index contributed by atoms with van der Waals surface area (Å²) >= 11 is 13.2. The van der Waals surface area contributed by atoms with Crippen LogP contribution in [0.3, 0.4) is 0 Å². The number of rotatable bonds is 5. The Kier molecular flexibility index (Phi) is 4.92. The second kappa shape index (κ2) is 7.76. The van der Waals surface area contributed by atoms with E-state index in [0.29, 0.717) is 23.0 Å². The molecule has 0 aliphatic heterocycles. The fourth-order valence-electron chi connectivity index (χ4n) is 3.74. The van der Waals surface area contributed by atoms with Crippen LogP contribution < -0.4 is 10.1 Å². The van der Waals surface area contributed by atoms with Crippen LogP contribution in [0.4, 0.5) is 11.5 Å². The van der Waals surface area contributed by atoms with Crippen LogP contribution in [0, 0.1) is 6.92 Å². The van der Waals surface area contributed by atoms with Crippen LogP contribution in [0.25, 0.3) is 27.4 Å². The zero-order valence-corrected chi connectivity index (χ0v) is 18.3. The zero-order chi connectivity index (χ0) is 21.5. The van der Waals surface area contributed by atoms with Crippen molar-refractivity contribution in [1.29, 1.82) is 0 Å². The molecular formula is C22H18Cl2N6O. The summed E-state index contributed by atoms with van der Waals surface area (Å²) in [6.45, 7) is 4.54. The van der Waals surface area contributed by atoms with Gasteiger partial charge in [0.05, 0.1) is 29.1 Å². The van der Waals surface area contributed by atoms with Crippen LogP contribution in [0.1, 0.15) is 12.6 Å². The number of anilines is 2. The van der Waals surface area contributed by atoms with E-state index in [-0.39, 0.29) is 5.15 Å². The van der Waals surface area contributed by atoms with E-state index in [1.54, 1.807) is 6.20 Å². The molecule has 0 amide bonds. The quantitative estimate of drug-likeness (QED) is 0.338. The number of aromatic nitrogens is 5. The molecule has 0 aliphatic rings. The molecule has 0 bridgehead atoms. The summed E-state index contributed by atoms with van der Waals surface area (Å²) in [5.74, 6) is 1.38. The normalized spacial score (nSPS) is 11.4. The number of halogens is 2. The summed E-state index contributed by atoms with van der Waals surface area (Å²) in [4.78, 5) is 0. The van der Waals surface area contributed by atoms with Gasteiger partial charge < -0.3 is 14.6 Å². The van der Waals surface area contributed by atoms with Gasteiger partial charge in [-0.3, -0.25) is 5.10 Å². The molecule has 9 heteroatoms. The van der Waals surface area contributed by atoms with Crippen molar-refractivity contribution in [3.8, 4) is 11.4 Å². The number of nitrogens with one attached hydrogen (secondary N) is 2. The lowest BCUT2D eigenvalue weighted by molar-refractivity contribution is 0.340. The third-order valence-electron chi connectivity index (χ3n) is 5.14. The lowest BCUT2D eigenvalue weighted by Crippen LogP contribution is -1.99. The van der Waals surface area contributed by atoms with E-state index in [4.69, 9.17) is 27.9 Å². The SMILES string of the molecule is CCOc1ccc(-n2c(C)c3c(Nc4ccc5[nH]ncc5c4)nnc(Cl)c3c2Cl)cc1. The Hall–Kier alpha value is -3.29. The number of hydrogen-bond donors (Lipinski definition) is 2. The summed E-state index contributed by atoms with van der Waals surface area (Å²) in [6, 6.07) is 13.6. The maximum Gasteiger partial charge on any atom is 0.162 e. The van der Waals surface area contributed by atoms with Crippen LogP contribution >= 0.6 is 23.2 Å². The minimum atomic E-state index is 0.253. The lowest BCUT2D eigenvalue weighted by atomic mass is 10.2. The first-order chi connectivity index (χ1) is 15.1. The van der Waals surface area contributed by atoms with Crippen molar-refractivity contribution in [3.05, 3.63) is 64.7 Å². The Labute approximate surface area is 187 Å². The standard InChI is InChI=1S/C22H18Cl2N6O/c1-3-31-16-7-5-15(6-8-16)30-12(2)18-19(21(30)24)20(23)28-29-22(18)26-14-4-9-17-13(10-14)11-25-27-17/h4-11H,3H2,1-2H3,(H,25,27)(H,26,29). The molecule has 2 aromatic carbocycles. The van der Waals surface area contributed by atoms with Crippen molar-refractivity contribution in [2.24, 2.45) is 0 Å². The van der Waals surface area contributed by atoms with E-state index in [0.717, 1.165) is 39.1 Å². The molecule has 5 rings (SSSR count). The lowest BCUT2D eigenvalue weighted by Gasteiger charge is -2.10. The van der Waals surface area contributed by atoms with Crippen molar-refractivity contribution in [1.82, 2.24) is 25.0 Å². The van der Waals surface area contributed by atoms with E-state index in [1.807, 2.05) is 60.9 Å². The smallest absolute Gasteiger partial charge is 0.162 e. The minimum absolute atomic E-state index is 0.253. The number of benzene rings is 2. The monoisotopic (exact) mass is 452 g/mol. The van der Waals surface area contributed by atoms with Gasteiger partial charge in [0.15, 0.2) is 11.0 Å². The summed E-state index contributed by atoms with van der Waals surface area (Å²) in [6.07, 6.45) is 1.77. The fourth-order valence-corrected chi connectivity index (χ4v) is 4.42. The Morgan fingerprint density at radius 3 is 2.65 bits per heavy atom. The van der Waals surface area contributed by atoms with Gasteiger partial charge in [0.25, 0.3) is 0 Å². The van der Waals surface area contributed by atoms with E-state index >= 15 is 0 Å². The highest BCUT2D eigenvalue weighted by Gasteiger charge is 2.21. The van der Waals surface area contributed by atoms with Crippen LogP contribution in [0.15, 0.2) is 48.7 Å². The van der Waals surface area contributed by atoms with Crippen LogP contribution in [0.2, 0.25) is 10.3 Å². The van der Waals surface area contributed by atoms with Gasteiger partial charge in [-0.25, -0.2) is 0 Å². The molecule has 7 nitrogen and oxygen atoms in total. The third kappa shape index (κ3) is 3.36. The molecule has 0 fully saturated rings. The molecule has 31 heavy (non-hydrogen) atoms. The van der Waals surface area contributed by atoms with Gasteiger partial charge in [0, 0.05) is 22.5 Å². The highest BCUT2D eigenvalue weighted by atomic mass is 35.5. The van der Waals surface area contributed by atoms with E-state index in [9.17, 15) is 0 Å². The van der Waals surface area contributed by atoms with Crippen LogP contribution in [-0.4, -0.2) is 31.6 Å². The number of fused-ring (bicyclic) bond motifs is 2. The predicted octanol–water partition coefficient (Wildman–Crippen LogP) is 6.05. The molecule has 0 spiro atoms. The van der Waals surface area contributed by atoms with E-state index < -0.39 is 0 Å². The molecule has 0 unspecified atom stereocenters. The molecule has 3 heterocycles. The van der Waals surface area contributed by atoms with Gasteiger partial charge in [-0.05, 0) is 56.3 Å². The molecule has 0 saturated heterocycles. The van der Waals surface area contributed by atoms with Crippen molar-refractivity contribution in [2.75, 3.05) is 11.9 Å².